The van der Waals surface area contributed by atoms with Gasteiger partial charge in [-0.25, -0.2) is 0 Å². The lowest BCUT2D eigenvalue weighted by Gasteiger charge is -2.21. The predicted octanol–water partition coefficient (Wildman–Crippen LogP) is 2.52. The molecule has 0 atom stereocenters. The van der Waals surface area contributed by atoms with Crippen LogP contribution in [0.5, 0.6) is 17.2 Å². The first-order valence-electron chi connectivity index (χ1n) is 9.31. The lowest BCUT2D eigenvalue weighted by Crippen LogP contribution is -2.24. The van der Waals surface area contributed by atoms with E-state index in [0.717, 1.165) is 24.2 Å². The van der Waals surface area contributed by atoms with Gasteiger partial charge in [-0.2, -0.15) is 0 Å². The Hall–Kier alpha value is -3.22. The zero-order valence-electron chi connectivity index (χ0n) is 15.7. The first-order valence-corrected chi connectivity index (χ1v) is 9.31. The van der Waals surface area contributed by atoms with E-state index in [4.69, 9.17) is 14.2 Å². The van der Waals surface area contributed by atoms with Crippen molar-refractivity contribution >= 4 is 17.5 Å². The molecule has 0 aliphatic carbocycles. The van der Waals surface area contributed by atoms with Gasteiger partial charge in [-0.3, -0.25) is 9.59 Å². The van der Waals surface area contributed by atoms with Crippen LogP contribution in [-0.4, -0.2) is 38.7 Å². The lowest BCUT2D eigenvalue weighted by molar-refractivity contribution is -0.117. The average Bonchev–Trinajstić information content (AvgIpc) is 3.17. The van der Waals surface area contributed by atoms with Gasteiger partial charge in [-0.1, -0.05) is 12.1 Å². The third-order valence-electron chi connectivity index (χ3n) is 4.86. The molecule has 2 aliphatic rings. The molecule has 0 saturated carbocycles. The molecule has 0 unspecified atom stereocenters. The van der Waals surface area contributed by atoms with Crippen LogP contribution in [0.4, 0.5) is 5.69 Å². The normalized spacial score (nSPS) is 15.5. The number of hydrogen-bond acceptors (Lipinski definition) is 5. The Morgan fingerprint density at radius 3 is 2.68 bits per heavy atom. The number of amides is 2. The molecule has 1 saturated heterocycles. The largest absolute Gasteiger partial charge is 0.493 e. The molecule has 2 amide bonds. The van der Waals surface area contributed by atoms with E-state index in [1.807, 2.05) is 24.3 Å². The minimum absolute atomic E-state index is 0.161. The number of ether oxygens (including phenoxy) is 3. The Morgan fingerprint density at radius 2 is 1.96 bits per heavy atom. The van der Waals surface area contributed by atoms with E-state index < -0.39 is 0 Å². The van der Waals surface area contributed by atoms with Crippen LogP contribution < -0.4 is 24.4 Å². The number of nitrogens with one attached hydrogen (secondary N) is 1. The molecule has 0 bridgehead atoms. The molecule has 2 aromatic rings. The van der Waals surface area contributed by atoms with Gasteiger partial charge in [-0.15, -0.1) is 0 Å². The van der Waals surface area contributed by atoms with Crippen molar-refractivity contribution in [3.05, 3.63) is 47.5 Å². The van der Waals surface area contributed by atoms with Crippen molar-refractivity contribution in [2.45, 2.75) is 19.4 Å². The highest BCUT2D eigenvalue weighted by molar-refractivity contribution is 5.96. The summed E-state index contributed by atoms with van der Waals surface area (Å²) in [4.78, 5) is 26.2. The molecule has 4 rings (SSSR count). The molecule has 0 spiro atoms. The van der Waals surface area contributed by atoms with Crippen molar-refractivity contribution in [1.29, 1.82) is 0 Å². The van der Waals surface area contributed by atoms with E-state index in [0.29, 0.717) is 49.0 Å². The summed E-state index contributed by atoms with van der Waals surface area (Å²) >= 11 is 0. The molecular formula is C21H22N2O5. The second-order valence-electron chi connectivity index (χ2n) is 6.70. The Bertz CT molecular complexity index is 877. The van der Waals surface area contributed by atoms with Crippen LogP contribution in [0, 0.1) is 0 Å². The number of nitrogens with zero attached hydrogens (tertiary/aromatic N) is 1. The minimum Gasteiger partial charge on any atom is -0.493 e. The summed E-state index contributed by atoms with van der Waals surface area (Å²) in [5, 5.41) is 2.90. The molecule has 0 aromatic heterocycles. The van der Waals surface area contributed by atoms with Gasteiger partial charge >= 0.3 is 0 Å². The zero-order chi connectivity index (χ0) is 19.5. The van der Waals surface area contributed by atoms with Gasteiger partial charge in [0, 0.05) is 30.8 Å². The van der Waals surface area contributed by atoms with Crippen molar-refractivity contribution in [2.75, 3.05) is 31.8 Å². The highest BCUT2D eigenvalue weighted by atomic mass is 16.6. The van der Waals surface area contributed by atoms with Crippen molar-refractivity contribution in [3.63, 3.8) is 0 Å². The van der Waals surface area contributed by atoms with Gasteiger partial charge < -0.3 is 24.4 Å². The third kappa shape index (κ3) is 3.60. The summed E-state index contributed by atoms with van der Waals surface area (Å²) in [6, 6.07) is 11.0. The third-order valence-corrected chi connectivity index (χ3v) is 4.86. The highest BCUT2D eigenvalue weighted by Crippen LogP contribution is 2.40. The lowest BCUT2D eigenvalue weighted by atomic mass is 10.1. The van der Waals surface area contributed by atoms with Crippen LogP contribution in [0.3, 0.4) is 0 Å². The maximum atomic E-state index is 12.6. The molecule has 2 aliphatic heterocycles. The maximum Gasteiger partial charge on any atom is 0.251 e. The Morgan fingerprint density at radius 1 is 1.18 bits per heavy atom. The molecule has 2 heterocycles. The number of fused-ring (bicyclic) bond motifs is 1. The monoisotopic (exact) mass is 382 g/mol. The van der Waals surface area contributed by atoms with Crippen molar-refractivity contribution in [3.8, 4) is 17.2 Å². The molecule has 0 radical (unpaired) electrons. The van der Waals surface area contributed by atoms with Gasteiger partial charge in [0.1, 0.15) is 13.2 Å². The number of hydrogen-bond donors (Lipinski definition) is 1. The summed E-state index contributed by atoms with van der Waals surface area (Å²) in [5.74, 6) is 1.44. The van der Waals surface area contributed by atoms with E-state index in [9.17, 15) is 9.59 Å². The van der Waals surface area contributed by atoms with Crippen LogP contribution >= 0.6 is 0 Å². The Kier molecular flexibility index (Phi) is 5.06. The van der Waals surface area contributed by atoms with Gasteiger partial charge in [0.15, 0.2) is 11.5 Å². The van der Waals surface area contributed by atoms with Crippen molar-refractivity contribution in [2.24, 2.45) is 0 Å². The number of carbonyl (C=O) groups excluding carboxylic acids is 2. The highest BCUT2D eigenvalue weighted by Gasteiger charge is 2.22. The fourth-order valence-electron chi connectivity index (χ4n) is 3.40. The van der Waals surface area contributed by atoms with Crippen LogP contribution in [0.15, 0.2) is 36.4 Å². The molecule has 2 aromatic carbocycles. The van der Waals surface area contributed by atoms with Crippen LogP contribution in [-0.2, 0) is 11.3 Å². The van der Waals surface area contributed by atoms with Gasteiger partial charge in [-0.05, 0) is 36.2 Å². The average molecular weight is 382 g/mol. The Labute approximate surface area is 163 Å². The van der Waals surface area contributed by atoms with E-state index in [1.54, 1.807) is 17.0 Å². The fourth-order valence-corrected chi connectivity index (χ4v) is 3.40. The van der Waals surface area contributed by atoms with Crippen molar-refractivity contribution < 1.29 is 23.8 Å². The quantitative estimate of drug-likeness (QED) is 0.860. The summed E-state index contributed by atoms with van der Waals surface area (Å²) in [6.07, 6.45) is 1.51. The summed E-state index contributed by atoms with van der Waals surface area (Å²) < 4.78 is 16.5. The first kappa shape index (κ1) is 18.2. The molecular weight excluding hydrogens is 360 g/mol. The van der Waals surface area contributed by atoms with E-state index >= 15 is 0 Å². The van der Waals surface area contributed by atoms with E-state index in [1.165, 1.54) is 7.11 Å². The standard InChI is InChI=1S/C21H22N2O5/c1-26-17-11-15(12-18-20(17)28-10-9-27-18)21(25)22-13-14-4-6-16(7-5-14)23-8-2-3-19(23)24/h4-7,11-12H,2-3,8-10,13H2,1H3,(H,22,25). The maximum absolute atomic E-state index is 12.6. The fraction of sp³-hybridized carbons (Fsp3) is 0.333. The SMILES string of the molecule is COc1cc(C(=O)NCc2ccc(N3CCCC3=O)cc2)cc2c1OCCO2. The molecule has 146 valence electrons. The molecule has 7 nitrogen and oxygen atoms in total. The van der Waals surface area contributed by atoms with Crippen LogP contribution in [0.2, 0.25) is 0 Å². The Balaban J connectivity index is 1.42. The van der Waals surface area contributed by atoms with E-state index in [2.05, 4.69) is 5.32 Å². The predicted molar refractivity (Wildman–Crippen MR) is 103 cm³/mol. The second kappa shape index (κ2) is 7.80. The number of anilines is 1. The minimum atomic E-state index is -0.228. The summed E-state index contributed by atoms with van der Waals surface area (Å²) in [5.41, 5.74) is 2.29. The van der Waals surface area contributed by atoms with Gasteiger partial charge in [0.2, 0.25) is 11.7 Å². The first-order chi connectivity index (χ1) is 13.7. The van der Waals surface area contributed by atoms with Crippen molar-refractivity contribution in [1.82, 2.24) is 5.32 Å². The van der Waals surface area contributed by atoms with Gasteiger partial charge in [0.05, 0.1) is 7.11 Å². The summed E-state index contributed by atoms with van der Waals surface area (Å²) in [6.45, 7) is 2.03. The zero-order valence-corrected chi connectivity index (χ0v) is 15.7. The number of rotatable bonds is 5. The van der Waals surface area contributed by atoms with E-state index in [-0.39, 0.29) is 11.8 Å². The molecule has 28 heavy (non-hydrogen) atoms. The number of benzene rings is 2. The molecule has 1 fully saturated rings. The smallest absolute Gasteiger partial charge is 0.251 e. The molecule has 7 heteroatoms. The van der Waals surface area contributed by atoms with Crippen LogP contribution in [0.25, 0.3) is 0 Å². The molecule has 1 N–H and O–H groups in total. The number of carbonyl (C=O) groups is 2. The van der Waals surface area contributed by atoms with Gasteiger partial charge in [0.25, 0.3) is 5.91 Å². The number of methoxy groups -OCH3 is 1. The second-order valence-corrected chi connectivity index (χ2v) is 6.70. The van der Waals surface area contributed by atoms with Crippen LogP contribution in [0.1, 0.15) is 28.8 Å². The summed E-state index contributed by atoms with van der Waals surface area (Å²) in [7, 11) is 1.53. The topological polar surface area (TPSA) is 77.1 Å².